The molecule has 19 heavy (non-hydrogen) atoms. The van der Waals surface area contributed by atoms with Crippen molar-refractivity contribution < 1.29 is 5.11 Å². The number of aliphatic hydroxyl groups is 1. The molecule has 1 saturated heterocycles. The molecule has 2 rings (SSSR count). The maximum atomic E-state index is 9.72. The molecule has 3 nitrogen and oxygen atoms in total. The molecule has 2 aliphatic rings. The fourth-order valence-corrected chi connectivity index (χ4v) is 3.90. The van der Waals surface area contributed by atoms with E-state index in [0.717, 1.165) is 12.8 Å². The van der Waals surface area contributed by atoms with Crippen molar-refractivity contribution in [3.8, 4) is 0 Å². The lowest BCUT2D eigenvalue weighted by Gasteiger charge is -2.44. The quantitative estimate of drug-likeness (QED) is 0.825. The van der Waals surface area contributed by atoms with Crippen LogP contribution in [0.5, 0.6) is 0 Å². The van der Waals surface area contributed by atoms with Crippen LogP contribution in [0, 0.1) is 5.41 Å². The average Bonchev–Trinajstić information content (AvgIpc) is 2.60. The standard InChI is InChI=1S/C16H32N2O/c1-15(2)7-5-10-18(11-9-15)14-6-4-8-16(12-14,13-19)17-3/h14,17,19H,4-13H2,1-3H3. The monoisotopic (exact) mass is 268 g/mol. The van der Waals surface area contributed by atoms with E-state index in [1.54, 1.807) is 0 Å². The van der Waals surface area contributed by atoms with E-state index in [9.17, 15) is 5.11 Å². The van der Waals surface area contributed by atoms with Gasteiger partial charge in [-0.25, -0.2) is 0 Å². The molecular weight excluding hydrogens is 236 g/mol. The smallest absolute Gasteiger partial charge is 0.0613 e. The molecule has 3 heteroatoms. The lowest BCUT2D eigenvalue weighted by molar-refractivity contribution is 0.0639. The molecule has 0 bridgehead atoms. The summed E-state index contributed by atoms with van der Waals surface area (Å²) in [5.74, 6) is 0. The molecule has 0 aromatic carbocycles. The summed E-state index contributed by atoms with van der Waals surface area (Å²) in [5.41, 5.74) is 0.491. The number of likely N-dealkylation sites (N-methyl/N-ethyl adjacent to an activating group) is 1. The Hall–Kier alpha value is -0.120. The lowest BCUT2D eigenvalue weighted by Crippen LogP contribution is -2.54. The van der Waals surface area contributed by atoms with E-state index in [1.807, 2.05) is 7.05 Å². The van der Waals surface area contributed by atoms with Gasteiger partial charge in [-0.1, -0.05) is 13.8 Å². The predicted molar refractivity (Wildman–Crippen MR) is 80.3 cm³/mol. The van der Waals surface area contributed by atoms with Crippen molar-refractivity contribution in [3.63, 3.8) is 0 Å². The van der Waals surface area contributed by atoms with Gasteiger partial charge in [0.25, 0.3) is 0 Å². The first-order chi connectivity index (χ1) is 9.00. The van der Waals surface area contributed by atoms with Crippen LogP contribution < -0.4 is 5.32 Å². The Bertz CT molecular complexity index is 286. The third kappa shape index (κ3) is 3.71. The summed E-state index contributed by atoms with van der Waals surface area (Å²) in [5, 5.41) is 13.1. The summed E-state index contributed by atoms with van der Waals surface area (Å²) in [4.78, 5) is 2.70. The van der Waals surface area contributed by atoms with Gasteiger partial charge < -0.3 is 15.3 Å². The molecule has 1 saturated carbocycles. The Kier molecular flexibility index (Phi) is 4.91. The highest BCUT2D eigenvalue weighted by atomic mass is 16.3. The molecule has 0 spiro atoms. The van der Waals surface area contributed by atoms with E-state index in [0.29, 0.717) is 11.5 Å². The maximum absolute atomic E-state index is 9.72. The van der Waals surface area contributed by atoms with Gasteiger partial charge in [-0.2, -0.15) is 0 Å². The molecule has 0 aromatic heterocycles. The zero-order chi connectivity index (χ0) is 13.9. The van der Waals surface area contributed by atoms with Crippen LogP contribution in [-0.4, -0.2) is 48.3 Å². The molecular formula is C16H32N2O. The fourth-order valence-electron chi connectivity index (χ4n) is 3.90. The predicted octanol–water partition coefficient (Wildman–Crippen LogP) is 2.39. The number of rotatable bonds is 3. The number of likely N-dealkylation sites (tertiary alicyclic amines) is 1. The van der Waals surface area contributed by atoms with Crippen LogP contribution >= 0.6 is 0 Å². The first-order valence-electron chi connectivity index (χ1n) is 8.04. The van der Waals surface area contributed by atoms with Crippen molar-refractivity contribution in [2.24, 2.45) is 5.41 Å². The van der Waals surface area contributed by atoms with Crippen molar-refractivity contribution in [3.05, 3.63) is 0 Å². The van der Waals surface area contributed by atoms with Gasteiger partial charge in [0, 0.05) is 11.6 Å². The van der Waals surface area contributed by atoms with Crippen LogP contribution in [0.4, 0.5) is 0 Å². The Labute approximate surface area is 118 Å². The van der Waals surface area contributed by atoms with Crippen LogP contribution in [0.15, 0.2) is 0 Å². The van der Waals surface area contributed by atoms with E-state index < -0.39 is 0 Å². The van der Waals surface area contributed by atoms with Crippen molar-refractivity contribution in [1.29, 1.82) is 0 Å². The first-order valence-corrected chi connectivity index (χ1v) is 8.04. The number of hydrogen-bond acceptors (Lipinski definition) is 3. The second-order valence-electron chi connectivity index (χ2n) is 7.49. The Morgan fingerprint density at radius 3 is 2.63 bits per heavy atom. The minimum atomic E-state index is -0.0231. The van der Waals surface area contributed by atoms with Gasteiger partial charge in [-0.15, -0.1) is 0 Å². The van der Waals surface area contributed by atoms with Gasteiger partial charge >= 0.3 is 0 Å². The molecule has 112 valence electrons. The number of aliphatic hydroxyl groups excluding tert-OH is 1. The maximum Gasteiger partial charge on any atom is 0.0613 e. The van der Waals surface area contributed by atoms with Crippen LogP contribution in [0.2, 0.25) is 0 Å². The van der Waals surface area contributed by atoms with Crippen molar-refractivity contribution in [2.45, 2.75) is 70.4 Å². The first kappa shape index (κ1) is 15.3. The van der Waals surface area contributed by atoms with Gasteiger partial charge in [-0.05, 0) is 70.5 Å². The lowest BCUT2D eigenvalue weighted by atomic mass is 9.79. The van der Waals surface area contributed by atoms with Crippen molar-refractivity contribution >= 4 is 0 Å². The average molecular weight is 268 g/mol. The second kappa shape index (κ2) is 6.11. The van der Waals surface area contributed by atoms with Crippen molar-refractivity contribution in [2.75, 3.05) is 26.7 Å². The topological polar surface area (TPSA) is 35.5 Å². The minimum Gasteiger partial charge on any atom is -0.394 e. The molecule has 2 fully saturated rings. The van der Waals surface area contributed by atoms with Crippen LogP contribution in [0.1, 0.15) is 58.8 Å². The molecule has 2 unspecified atom stereocenters. The van der Waals surface area contributed by atoms with Crippen LogP contribution in [-0.2, 0) is 0 Å². The molecule has 0 aromatic rings. The highest BCUT2D eigenvalue weighted by molar-refractivity contribution is 4.96. The Morgan fingerprint density at radius 1 is 1.16 bits per heavy atom. The van der Waals surface area contributed by atoms with Gasteiger partial charge in [0.15, 0.2) is 0 Å². The molecule has 1 aliphatic heterocycles. The highest BCUT2D eigenvalue weighted by Crippen LogP contribution is 2.35. The zero-order valence-corrected chi connectivity index (χ0v) is 13.0. The number of nitrogens with zero attached hydrogens (tertiary/aromatic N) is 1. The van der Waals surface area contributed by atoms with Gasteiger partial charge in [-0.3, -0.25) is 0 Å². The normalized spacial score (nSPS) is 36.9. The fraction of sp³-hybridized carbons (Fsp3) is 1.00. The highest BCUT2D eigenvalue weighted by Gasteiger charge is 2.37. The molecule has 1 aliphatic carbocycles. The summed E-state index contributed by atoms with van der Waals surface area (Å²) >= 11 is 0. The van der Waals surface area contributed by atoms with E-state index in [-0.39, 0.29) is 12.1 Å². The number of nitrogens with one attached hydrogen (secondary N) is 1. The molecule has 2 N–H and O–H groups in total. The van der Waals surface area contributed by atoms with Gasteiger partial charge in [0.05, 0.1) is 6.61 Å². The van der Waals surface area contributed by atoms with E-state index in [1.165, 1.54) is 45.2 Å². The molecule has 1 heterocycles. The summed E-state index contributed by atoms with van der Waals surface area (Å²) in [6.07, 6.45) is 8.78. The summed E-state index contributed by atoms with van der Waals surface area (Å²) < 4.78 is 0. The minimum absolute atomic E-state index is 0.0231. The number of hydrogen-bond donors (Lipinski definition) is 2. The summed E-state index contributed by atoms with van der Waals surface area (Å²) in [6.45, 7) is 7.58. The van der Waals surface area contributed by atoms with Gasteiger partial charge in [0.1, 0.15) is 0 Å². The third-order valence-corrected chi connectivity index (χ3v) is 5.54. The zero-order valence-electron chi connectivity index (χ0n) is 13.0. The molecule has 2 atom stereocenters. The summed E-state index contributed by atoms with van der Waals surface area (Å²) in [7, 11) is 2.00. The van der Waals surface area contributed by atoms with E-state index in [2.05, 4.69) is 24.1 Å². The Balaban J connectivity index is 1.97. The third-order valence-electron chi connectivity index (χ3n) is 5.54. The van der Waals surface area contributed by atoms with Crippen LogP contribution in [0.25, 0.3) is 0 Å². The molecule has 0 radical (unpaired) electrons. The van der Waals surface area contributed by atoms with Crippen molar-refractivity contribution in [1.82, 2.24) is 10.2 Å². The SMILES string of the molecule is CNC1(CO)CCCC(N2CCCC(C)(C)CC2)C1. The molecule has 0 amide bonds. The largest absolute Gasteiger partial charge is 0.394 e. The van der Waals surface area contributed by atoms with Crippen LogP contribution in [0.3, 0.4) is 0 Å². The second-order valence-corrected chi connectivity index (χ2v) is 7.49. The Morgan fingerprint density at radius 2 is 1.95 bits per heavy atom. The van der Waals surface area contributed by atoms with Gasteiger partial charge in [0.2, 0.25) is 0 Å². The van der Waals surface area contributed by atoms with E-state index >= 15 is 0 Å². The van der Waals surface area contributed by atoms with E-state index in [4.69, 9.17) is 0 Å². The summed E-state index contributed by atoms with van der Waals surface area (Å²) in [6, 6.07) is 0.669.